The topological polar surface area (TPSA) is 119 Å². The normalized spacial score (nSPS) is 20.5. The molecule has 0 radical (unpaired) electrons. The summed E-state index contributed by atoms with van der Waals surface area (Å²) < 4.78 is 21.0. The monoisotopic (exact) mass is 881 g/mol. The Morgan fingerprint density at radius 1 is 0.800 bits per heavy atom. The van der Waals surface area contributed by atoms with Crippen molar-refractivity contribution in [3.8, 4) is 17.2 Å². The summed E-state index contributed by atoms with van der Waals surface area (Å²) in [5, 5.41) is 20.6. The first-order valence-electron chi connectivity index (χ1n) is 22.2. The van der Waals surface area contributed by atoms with Crippen LogP contribution in [0.5, 0.6) is 17.2 Å². The van der Waals surface area contributed by atoms with E-state index in [-0.39, 0.29) is 41.9 Å². The van der Waals surface area contributed by atoms with Gasteiger partial charge in [0.15, 0.2) is 11.4 Å². The number of anilines is 3. The number of carbonyl (C=O) groups excluding carboxylic acids is 2. The fraction of sp³-hybridized carbons (Fsp3) is 0.245. The summed E-state index contributed by atoms with van der Waals surface area (Å²) in [5.74, 6) is 1.16. The van der Waals surface area contributed by atoms with Crippen molar-refractivity contribution in [2.45, 2.75) is 62.7 Å². The van der Waals surface area contributed by atoms with Crippen LogP contribution in [0, 0.1) is 5.92 Å². The molecule has 6 aromatic carbocycles. The number of aliphatic hydroxyl groups is 1. The number of amides is 2. The minimum Gasteiger partial charge on any atom is -0.497 e. The maximum absolute atomic E-state index is 15.5. The van der Waals surface area contributed by atoms with Crippen LogP contribution in [-0.2, 0) is 28.2 Å². The van der Waals surface area contributed by atoms with Crippen LogP contribution in [0.1, 0.15) is 52.0 Å². The van der Waals surface area contributed by atoms with E-state index < -0.39 is 13.7 Å². The smallest absolute Gasteiger partial charge is 0.266 e. The molecule has 1 spiro atoms. The highest BCUT2D eigenvalue weighted by molar-refractivity contribution is 6.91. The third-order valence-corrected chi connectivity index (χ3v) is 18.2. The molecule has 4 heterocycles. The predicted octanol–water partition coefficient (Wildman–Crippen LogP) is 9.35. The van der Waals surface area contributed by atoms with Gasteiger partial charge in [-0.2, -0.15) is 0 Å². The van der Waals surface area contributed by atoms with Crippen LogP contribution >= 0.6 is 0 Å². The second kappa shape index (κ2) is 16.9. The van der Waals surface area contributed by atoms with Crippen LogP contribution in [0.3, 0.4) is 0 Å². The van der Waals surface area contributed by atoms with Crippen LogP contribution in [0.4, 0.5) is 17.1 Å². The van der Waals surface area contributed by atoms with Crippen LogP contribution in [0.15, 0.2) is 158 Å². The van der Waals surface area contributed by atoms with E-state index in [4.69, 9.17) is 14.2 Å². The third-order valence-electron chi connectivity index (χ3n) is 13.9. The summed E-state index contributed by atoms with van der Waals surface area (Å²) >= 11 is 0. The van der Waals surface area contributed by atoms with Crippen LogP contribution in [-0.4, -0.2) is 59.8 Å². The molecule has 0 bridgehead atoms. The molecule has 10 rings (SSSR count). The largest absolute Gasteiger partial charge is 0.497 e. The summed E-state index contributed by atoms with van der Waals surface area (Å²) in [6, 6.07) is 49.0. The van der Waals surface area contributed by atoms with Gasteiger partial charge in [0.2, 0.25) is 0 Å². The van der Waals surface area contributed by atoms with E-state index >= 15 is 4.79 Å². The van der Waals surface area contributed by atoms with Crippen LogP contribution < -0.4 is 24.5 Å². The lowest BCUT2D eigenvalue weighted by atomic mass is 9.82. The number of rotatable bonds is 12. The van der Waals surface area contributed by atoms with Gasteiger partial charge in [-0.25, -0.2) is 0 Å². The van der Waals surface area contributed by atoms with E-state index in [1.165, 1.54) is 5.19 Å². The SMILES string of the molecule is COc1ccc([Si](C)(C)[C@H]2[C@H](CCn3cc(C(CO)c4ccccc4)nn3)O[C@@]3(C(=O)N(Cc4ccc(N5C(=O)c6ccccc6Oc6ccccc65)cc4)c4ccccc43)[C@@H]2C)cc1. The summed E-state index contributed by atoms with van der Waals surface area (Å²) in [4.78, 5) is 33.2. The molecule has 3 aliphatic heterocycles. The number of methoxy groups -OCH3 is 1. The Bertz CT molecular complexity index is 2870. The molecule has 3 aliphatic rings. The zero-order valence-electron chi connectivity index (χ0n) is 36.9. The molecule has 0 aliphatic carbocycles. The molecule has 11 nitrogen and oxygen atoms in total. The number of para-hydroxylation sites is 4. The number of hydrogen-bond acceptors (Lipinski definition) is 8. The minimum absolute atomic E-state index is 0.0350. The van der Waals surface area contributed by atoms with Crippen molar-refractivity contribution in [3.05, 3.63) is 186 Å². The Balaban J connectivity index is 0.963. The van der Waals surface area contributed by atoms with E-state index in [1.807, 2.05) is 143 Å². The molecular weight excluding hydrogens is 831 g/mol. The average Bonchev–Trinajstić information content (AvgIpc) is 3.97. The zero-order chi connectivity index (χ0) is 44.9. The second-order valence-electron chi connectivity index (χ2n) is 17.8. The summed E-state index contributed by atoms with van der Waals surface area (Å²) in [5.41, 5.74) is 4.92. The first kappa shape index (κ1) is 42.1. The van der Waals surface area contributed by atoms with E-state index in [0.717, 1.165) is 28.1 Å². The van der Waals surface area contributed by atoms with Gasteiger partial charge in [-0.3, -0.25) is 19.2 Å². The lowest BCUT2D eigenvalue weighted by molar-refractivity contribution is -0.146. The third kappa shape index (κ3) is 7.22. The van der Waals surface area contributed by atoms with Gasteiger partial charge in [-0.1, -0.05) is 127 Å². The number of benzene rings is 6. The molecule has 1 fully saturated rings. The van der Waals surface area contributed by atoms with Gasteiger partial charge in [-0.15, -0.1) is 5.10 Å². The van der Waals surface area contributed by atoms with Crippen molar-refractivity contribution in [2.75, 3.05) is 23.5 Å². The molecule has 1 saturated heterocycles. The first-order valence-corrected chi connectivity index (χ1v) is 25.3. The molecule has 7 aromatic rings. The molecule has 1 aromatic heterocycles. The second-order valence-corrected chi connectivity index (χ2v) is 22.5. The van der Waals surface area contributed by atoms with Crippen molar-refractivity contribution in [3.63, 3.8) is 0 Å². The molecule has 5 atom stereocenters. The highest BCUT2D eigenvalue weighted by atomic mass is 28.3. The summed E-state index contributed by atoms with van der Waals surface area (Å²) in [7, 11) is -0.723. The predicted molar refractivity (Wildman–Crippen MR) is 253 cm³/mol. The maximum Gasteiger partial charge on any atom is 0.266 e. The lowest BCUT2D eigenvalue weighted by Crippen LogP contribution is -2.51. The molecular formula is C53H51N5O6Si. The van der Waals surface area contributed by atoms with Gasteiger partial charge < -0.3 is 24.2 Å². The number of aliphatic hydroxyl groups excluding tert-OH is 1. The van der Waals surface area contributed by atoms with Gasteiger partial charge >= 0.3 is 0 Å². The molecule has 12 heteroatoms. The van der Waals surface area contributed by atoms with Gasteiger partial charge in [0.1, 0.15) is 11.5 Å². The number of aryl methyl sites for hydroxylation is 1. The molecule has 2 amide bonds. The molecule has 1 unspecified atom stereocenters. The molecule has 0 saturated carbocycles. The fourth-order valence-electron chi connectivity index (χ4n) is 10.6. The fourth-order valence-corrected chi connectivity index (χ4v) is 14.6. The number of ether oxygens (including phenoxy) is 3. The number of aromatic nitrogens is 3. The number of carbonyl (C=O) groups is 2. The van der Waals surface area contributed by atoms with E-state index in [0.29, 0.717) is 53.6 Å². The molecule has 1 N–H and O–H groups in total. The standard InChI is InChI=1S/C53H51N5O6Si/c1-35-50(65(3,4)40-28-26-39(62-2)27-29-40)49(30-31-56-33-44(54-55-56)42(34-59)37-14-6-5-7-15-37)64-53(35)43-17-9-10-18-45(43)57(52(53)61)32-36-22-24-38(25-23-36)58-46-19-11-13-21-48(46)63-47-20-12-8-16-41(47)51(58)60/h5-29,33,35,42,49-50,59H,30-32,34H2,1-4H3/t35-,42?,49+,50-,53+/m1/s1. The minimum atomic E-state index is -2.40. The Kier molecular flexibility index (Phi) is 11.0. The number of hydrogen-bond donors (Lipinski definition) is 1. The maximum atomic E-state index is 15.5. The van der Waals surface area contributed by atoms with Gasteiger partial charge in [-0.05, 0) is 77.7 Å². The van der Waals surface area contributed by atoms with Gasteiger partial charge in [0, 0.05) is 29.9 Å². The number of nitrogens with zero attached hydrogens (tertiary/aromatic N) is 5. The zero-order valence-corrected chi connectivity index (χ0v) is 37.9. The first-order chi connectivity index (χ1) is 31.6. The Morgan fingerprint density at radius 2 is 1.48 bits per heavy atom. The number of fused-ring (bicyclic) bond motifs is 4. The van der Waals surface area contributed by atoms with Gasteiger partial charge in [0.25, 0.3) is 11.8 Å². The Morgan fingerprint density at radius 3 is 2.22 bits per heavy atom. The van der Waals surface area contributed by atoms with Crippen molar-refractivity contribution in [2.24, 2.45) is 5.92 Å². The lowest BCUT2D eigenvalue weighted by Gasteiger charge is -2.37. The quantitative estimate of drug-likeness (QED) is 0.121. The Hall–Kier alpha value is -6.86. The van der Waals surface area contributed by atoms with Crippen molar-refractivity contribution in [1.29, 1.82) is 0 Å². The average molecular weight is 882 g/mol. The Labute approximate surface area is 379 Å². The van der Waals surface area contributed by atoms with Crippen LogP contribution in [0.25, 0.3) is 0 Å². The van der Waals surface area contributed by atoms with Crippen LogP contribution in [0.2, 0.25) is 18.6 Å². The van der Waals surface area contributed by atoms with Gasteiger partial charge in [0.05, 0.1) is 63.0 Å². The summed E-state index contributed by atoms with van der Waals surface area (Å²) in [6.45, 7) is 7.71. The van der Waals surface area contributed by atoms with Crippen molar-refractivity contribution >= 4 is 42.1 Å². The van der Waals surface area contributed by atoms with E-state index in [1.54, 1.807) is 18.1 Å². The van der Waals surface area contributed by atoms with Crippen molar-refractivity contribution in [1.82, 2.24) is 15.0 Å². The highest BCUT2D eigenvalue weighted by Gasteiger charge is 2.66. The van der Waals surface area contributed by atoms with E-state index in [9.17, 15) is 9.90 Å². The summed E-state index contributed by atoms with van der Waals surface area (Å²) in [6.07, 6.45) is 2.23. The van der Waals surface area contributed by atoms with E-state index in [2.05, 4.69) is 48.5 Å². The highest BCUT2D eigenvalue weighted by Crippen LogP contribution is 2.60. The molecule has 328 valence electrons. The molecule has 65 heavy (non-hydrogen) atoms. The van der Waals surface area contributed by atoms with Crippen molar-refractivity contribution < 1.29 is 28.9 Å².